The molecule has 0 bridgehead atoms. The van der Waals surface area contributed by atoms with E-state index in [1.807, 2.05) is 18.8 Å². The molecule has 0 unspecified atom stereocenters. The third kappa shape index (κ3) is 2.36. The fourth-order valence-electron chi connectivity index (χ4n) is 1.00. The predicted octanol–water partition coefficient (Wildman–Crippen LogP) is 1.82. The van der Waals surface area contributed by atoms with Crippen molar-refractivity contribution in [1.82, 2.24) is 4.98 Å². The van der Waals surface area contributed by atoms with Gasteiger partial charge in [0.15, 0.2) is 5.13 Å². The first kappa shape index (κ1) is 9.30. The monoisotopic (exact) mass is 216 g/mol. The average Bonchev–Trinajstić information content (AvgIpc) is 2.49. The maximum atomic E-state index is 5.10. The summed E-state index contributed by atoms with van der Waals surface area (Å²) in [5.74, 6) is 1.01. The highest BCUT2D eigenvalue weighted by molar-refractivity contribution is 7.99. The van der Waals surface area contributed by atoms with Crippen molar-refractivity contribution in [3.05, 3.63) is 11.1 Å². The van der Waals surface area contributed by atoms with Gasteiger partial charge >= 0.3 is 0 Å². The number of thiazole rings is 1. The van der Waals surface area contributed by atoms with Crippen LogP contribution in [0.25, 0.3) is 0 Å². The highest BCUT2D eigenvalue weighted by Crippen LogP contribution is 2.25. The lowest BCUT2D eigenvalue weighted by Gasteiger charge is -2.24. The topological polar surface area (TPSA) is 34.2 Å². The fourth-order valence-corrected chi connectivity index (χ4v) is 2.72. The zero-order chi connectivity index (χ0) is 9.10. The van der Waals surface area contributed by atoms with Crippen molar-refractivity contribution in [2.24, 2.45) is 0 Å². The summed E-state index contributed by atoms with van der Waals surface area (Å²) in [5, 5.41) is 6.84. The van der Waals surface area contributed by atoms with Gasteiger partial charge in [0.1, 0.15) is 0 Å². The molecule has 0 radical (unpaired) electrons. The number of hydrogen-bond acceptors (Lipinski definition) is 5. The van der Waals surface area contributed by atoms with E-state index >= 15 is 0 Å². The van der Waals surface area contributed by atoms with E-state index in [0.29, 0.717) is 5.25 Å². The van der Waals surface area contributed by atoms with Crippen molar-refractivity contribution in [3.63, 3.8) is 0 Å². The highest BCUT2D eigenvalue weighted by Gasteiger charge is 2.18. The van der Waals surface area contributed by atoms with Crippen LogP contribution in [0.5, 0.6) is 0 Å². The third-order valence-electron chi connectivity index (χ3n) is 1.84. The Kier molecular flexibility index (Phi) is 3.08. The molecular weight excluding hydrogens is 204 g/mol. The van der Waals surface area contributed by atoms with Crippen molar-refractivity contribution in [3.8, 4) is 0 Å². The van der Waals surface area contributed by atoms with Crippen molar-refractivity contribution in [1.29, 1.82) is 0 Å². The number of anilines is 1. The molecule has 0 aliphatic carbocycles. The van der Waals surface area contributed by atoms with Gasteiger partial charge in [0.2, 0.25) is 0 Å². The summed E-state index contributed by atoms with van der Waals surface area (Å²) in [6, 6.07) is 0. The van der Waals surface area contributed by atoms with Crippen LogP contribution in [0.15, 0.2) is 5.38 Å². The van der Waals surface area contributed by atoms with Gasteiger partial charge in [-0.3, -0.25) is 0 Å². The summed E-state index contributed by atoms with van der Waals surface area (Å²) in [6.45, 7) is 1.82. The van der Waals surface area contributed by atoms with Gasteiger partial charge in [-0.1, -0.05) is 0 Å². The minimum Gasteiger partial charge on any atom is -0.379 e. The summed E-state index contributed by atoms with van der Waals surface area (Å²) in [4.78, 5) is 4.40. The van der Waals surface area contributed by atoms with Crippen molar-refractivity contribution >= 4 is 28.2 Å². The lowest BCUT2D eigenvalue weighted by atomic mass is 10.4. The zero-order valence-corrected chi connectivity index (χ0v) is 9.08. The van der Waals surface area contributed by atoms with Gasteiger partial charge in [-0.15, -0.1) is 23.1 Å². The van der Waals surface area contributed by atoms with Crippen LogP contribution in [-0.2, 0) is 10.5 Å². The minimum atomic E-state index is 0.694. The number of aromatic nitrogens is 1. The Morgan fingerprint density at radius 2 is 2.62 bits per heavy atom. The Morgan fingerprint density at radius 1 is 1.77 bits per heavy atom. The molecule has 1 saturated heterocycles. The number of ether oxygens (including phenoxy) is 1. The van der Waals surface area contributed by atoms with E-state index in [0.717, 1.165) is 24.1 Å². The quantitative estimate of drug-likeness (QED) is 0.832. The van der Waals surface area contributed by atoms with E-state index in [4.69, 9.17) is 4.74 Å². The number of rotatable bonds is 4. The van der Waals surface area contributed by atoms with E-state index < -0.39 is 0 Å². The molecule has 0 spiro atoms. The molecule has 1 aliphatic rings. The Balaban J connectivity index is 1.79. The second-order valence-corrected chi connectivity index (χ2v) is 5.01. The van der Waals surface area contributed by atoms with Crippen molar-refractivity contribution in [2.75, 3.05) is 25.6 Å². The van der Waals surface area contributed by atoms with Crippen molar-refractivity contribution in [2.45, 2.75) is 11.0 Å². The first-order valence-corrected chi connectivity index (χ1v) is 6.13. The molecule has 3 nitrogen and oxygen atoms in total. The van der Waals surface area contributed by atoms with Gasteiger partial charge in [0.25, 0.3) is 0 Å². The lowest BCUT2D eigenvalue weighted by Crippen LogP contribution is -2.30. The second kappa shape index (κ2) is 4.30. The SMILES string of the molecule is CNc1nc(CSC2COC2)cs1. The van der Waals surface area contributed by atoms with Crippen molar-refractivity contribution < 1.29 is 4.74 Å². The van der Waals surface area contributed by atoms with Gasteiger partial charge in [-0.25, -0.2) is 4.98 Å². The van der Waals surface area contributed by atoms with Gasteiger partial charge in [0.05, 0.1) is 24.2 Å². The van der Waals surface area contributed by atoms with E-state index in [2.05, 4.69) is 15.7 Å². The molecule has 0 atom stereocenters. The molecule has 1 aromatic heterocycles. The highest BCUT2D eigenvalue weighted by atomic mass is 32.2. The summed E-state index contributed by atoms with van der Waals surface area (Å²) >= 11 is 3.59. The van der Waals surface area contributed by atoms with Gasteiger partial charge in [0, 0.05) is 18.2 Å². The predicted molar refractivity (Wildman–Crippen MR) is 57.6 cm³/mol. The molecule has 5 heteroatoms. The fraction of sp³-hybridized carbons (Fsp3) is 0.625. The Morgan fingerprint density at radius 3 is 3.15 bits per heavy atom. The molecule has 72 valence electrons. The first-order valence-electron chi connectivity index (χ1n) is 4.20. The second-order valence-electron chi connectivity index (χ2n) is 2.86. The molecule has 2 rings (SSSR count). The Labute approximate surface area is 85.9 Å². The van der Waals surface area contributed by atoms with E-state index in [1.54, 1.807) is 11.3 Å². The van der Waals surface area contributed by atoms with E-state index in [-0.39, 0.29) is 0 Å². The van der Waals surface area contributed by atoms with Gasteiger partial charge < -0.3 is 10.1 Å². The summed E-state index contributed by atoms with van der Waals surface area (Å²) in [7, 11) is 1.90. The van der Waals surface area contributed by atoms with Crippen LogP contribution in [0.1, 0.15) is 5.69 Å². The average molecular weight is 216 g/mol. The van der Waals surface area contributed by atoms with E-state index in [9.17, 15) is 0 Å². The maximum absolute atomic E-state index is 5.10. The van der Waals surface area contributed by atoms with Crippen LogP contribution in [0, 0.1) is 0 Å². The number of thioether (sulfide) groups is 1. The van der Waals surface area contributed by atoms with Crippen LogP contribution >= 0.6 is 23.1 Å². The molecule has 1 aromatic rings. The lowest BCUT2D eigenvalue weighted by molar-refractivity contribution is 0.0455. The normalized spacial score (nSPS) is 17.0. The van der Waals surface area contributed by atoms with Crippen LogP contribution in [0.4, 0.5) is 5.13 Å². The molecule has 0 aromatic carbocycles. The molecule has 0 amide bonds. The van der Waals surface area contributed by atoms with E-state index in [1.165, 1.54) is 5.69 Å². The number of hydrogen-bond donors (Lipinski definition) is 1. The van der Waals surface area contributed by atoms with Gasteiger partial charge in [-0.2, -0.15) is 0 Å². The minimum absolute atomic E-state index is 0.694. The Bertz CT molecular complexity index is 273. The maximum Gasteiger partial charge on any atom is 0.182 e. The summed E-state index contributed by atoms with van der Waals surface area (Å²) < 4.78 is 5.10. The molecule has 2 heterocycles. The smallest absolute Gasteiger partial charge is 0.182 e. The zero-order valence-electron chi connectivity index (χ0n) is 7.45. The van der Waals surface area contributed by atoms with Crippen LogP contribution in [-0.4, -0.2) is 30.5 Å². The number of nitrogens with one attached hydrogen (secondary N) is 1. The molecule has 13 heavy (non-hydrogen) atoms. The largest absolute Gasteiger partial charge is 0.379 e. The van der Waals surface area contributed by atoms with Crippen LogP contribution in [0.2, 0.25) is 0 Å². The molecule has 1 aliphatic heterocycles. The third-order valence-corrected chi connectivity index (χ3v) is 3.95. The molecule has 0 saturated carbocycles. The summed E-state index contributed by atoms with van der Waals surface area (Å²) in [5.41, 5.74) is 1.17. The standard InChI is InChI=1S/C8H12N2OS2/c1-9-8-10-6(5-13-8)4-12-7-2-11-3-7/h5,7H,2-4H2,1H3,(H,9,10). The molecular formula is C8H12N2OS2. The first-order chi connectivity index (χ1) is 6.38. The number of nitrogens with zero attached hydrogens (tertiary/aromatic N) is 1. The summed E-state index contributed by atoms with van der Waals surface area (Å²) in [6.07, 6.45) is 0. The van der Waals surface area contributed by atoms with Gasteiger partial charge in [-0.05, 0) is 0 Å². The molecule has 1 N–H and O–H groups in total. The Hall–Kier alpha value is -0.260. The molecule has 1 fully saturated rings. The van der Waals surface area contributed by atoms with Crippen LogP contribution in [0.3, 0.4) is 0 Å². The van der Waals surface area contributed by atoms with Crippen LogP contribution < -0.4 is 5.32 Å².